The Morgan fingerprint density at radius 1 is 1.41 bits per heavy atom. The molecule has 2 rings (SSSR count). The largest absolute Gasteiger partial charge is 0.496 e. The summed E-state index contributed by atoms with van der Waals surface area (Å²) < 4.78 is 5.40. The van der Waals surface area contributed by atoms with Gasteiger partial charge in [-0.05, 0) is 33.0 Å². The Morgan fingerprint density at radius 3 is 2.82 bits per heavy atom. The molecule has 1 fully saturated rings. The Labute approximate surface area is 104 Å². The molecule has 1 unspecified atom stereocenters. The van der Waals surface area contributed by atoms with Gasteiger partial charge >= 0.3 is 0 Å². The van der Waals surface area contributed by atoms with Crippen LogP contribution in [-0.2, 0) is 0 Å². The first-order valence-corrected chi connectivity index (χ1v) is 6.28. The van der Waals surface area contributed by atoms with Crippen molar-refractivity contribution in [2.45, 2.75) is 25.4 Å². The van der Waals surface area contributed by atoms with Gasteiger partial charge in [0.1, 0.15) is 5.75 Å². The van der Waals surface area contributed by atoms with Gasteiger partial charge in [-0.2, -0.15) is 0 Å². The maximum atomic E-state index is 5.40. The number of nitrogens with zero attached hydrogens (tertiary/aromatic N) is 1. The number of likely N-dealkylation sites (tertiary alicyclic amines) is 1. The van der Waals surface area contributed by atoms with E-state index in [0.29, 0.717) is 12.1 Å². The fraction of sp³-hybridized carbons (Fsp3) is 0.571. The van der Waals surface area contributed by atoms with Crippen LogP contribution in [0.15, 0.2) is 24.3 Å². The van der Waals surface area contributed by atoms with E-state index in [1.165, 1.54) is 18.5 Å². The van der Waals surface area contributed by atoms with Gasteiger partial charge in [0.2, 0.25) is 0 Å². The maximum Gasteiger partial charge on any atom is 0.123 e. The minimum atomic E-state index is 0.336. The zero-order chi connectivity index (χ0) is 12.3. The van der Waals surface area contributed by atoms with Crippen LogP contribution in [-0.4, -0.2) is 38.2 Å². The van der Waals surface area contributed by atoms with Crippen LogP contribution in [0.4, 0.5) is 0 Å². The monoisotopic (exact) mass is 234 g/mol. The first kappa shape index (κ1) is 12.4. The highest BCUT2D eigenvalue weighted by Gasteiger charge is 2.22. The zero-order valence-corrected chi connectivity index (χ0v) is 10.9. The average Bonchev–Trinajstić information content (AvgIpc) is 2.74. The Kier molecular flexibility index (Phi) is 4.02. The second kappa shape index (κ2) is 5.52. The van der Waals surface area contributed by atoms with Crippen molar-refractivity contribution in [2.75, 3.05) is 27.2 Å². The maximum absolute atomic E-state index is 5.40. The van der Waals surface area contributed by atoms with E-state index in [9.17, 15) is 0 Å². The van der Waals surface area contributed by atoms with Crippen molar-refractivity contribution in [3.63, 3.8) is 0 Å². The van der Waals surface area contributed by atoms with Gasteiger partial charge in [-0.25, -0.2) is 0 Å². The highest BCUT2D eigenvalue weighted by Crippen LogP contribution is 2.25. The average molecular weight is 234 g/mol. The molecule has 1 aliphatic rings. The van der Waals surface area contributed by atoms with Crippen molar-refractivity contribution >= 4 is 0 Å². The smallest absolute Gasteiger partial charge is 0.123 e. The molecule has 94 valence electrons. The fourth-order valence-electron chi connectivity index (χ4n) is 2.54. The summed E-state index contributed by atoms with van der Waals surface area (Å²) in [5.41, 5.74) is 1.24. The predicted octanol–water partition coefficient (Wildman–Crippen LogP) is 2.05. The molecule has 0 radical (unpaired) electrons. The van der Waals surface area contributed by atoms with Gasteiger partial charge in [0.25, 0.3) is 0 Å². The summed E-state index contributed by atoms with van der Waals surface area (Å²) in [4.78, 5) is 2.37. The number of nitrogens with one attached hydrogen (secondary N) is 1. The van der Waals surface area contributed by atoms with Gasteiger partial charge in [-0.15, -0.1) is 0 Å². The number of rotatable bonds is 4. The molecular weight excluding hydrogens is 212 g/mol. The topological polar surface area (TPSA) is 24.5 Å². The lowest BCUT2D eigenvalue weighted by molar-refractivity contribution is 0.376. The number of ether oxygens (including phenoxy) is 1. The van der Waals surface area contributed by atoms with Crippen LogP contribution in [0.25, 0.3) is 0 Å². The predicted molar refractivity (Wildman–Crippen MR) is 70.4 cm³/mol. The van der Waals surface area contributed by atoms with E-state index < -0.39 is 0 Å². The number of likely N-dealkylation sites (N-methyl/N-ethyl adjacent to an activating group) is 1. The van der Waals surface area contributed by atoms with Crippen molar-refractivity contribution in [2.24, 2.45) is 0 Å². The van der Waals surface area contributed by atoms with Gasteiger partial charge in [0.05, 0.1) is 7.11 Å². The van der Waals surface area contributed by atoms with Crippen LogP contribution in [0.1, 0.15) is 24.9 Å². The van der Waals surface area contributed by atoms with Gasteiger partial charge in [-0.1, -0.05) is 18.2 Å². The number of benzene rings is 1. The third-order valence-corrected chi connectivity index (χ3v) is 3.48. The Bertz CT molecular complexity index is 367. The van der Waals surface area contributed by atoms with Crippen molar-refractivity contribution < 1.29 is 4.74 Å². The SMILES string of the molecule is COc1ccccc1[C@@H](C)NC1CCN(C)C1. The lowest BCUT2D eigenvalue weighted by Crippen LogP contribution is -2.33. The minimum absolute atomic E-state index is 0.336. The van der Waals surface area contributed by atoms with E-state index in [4.69, 9.17) is 4.74 Å². The molecule has 0 bridgehead atoms. The van der Waals surface area contributed by atoms with Crippen LogP contribution < -0.4 is 10.1 Å². The van der Waals surface area contributed by atoms with E-state index >= 15 is 0 Å². The molecule has 0 aromatic heterocycles. The zero-order valence-electron chi connectivity index (χ0n) is 10.9. The summed E-state index contributed by atoms with van der Waals surface area (Å²) in [5, 5.41) is 3.68. The Morgan fingerprint density at radius 2 is 2.18 bits per heavy atom. The van der Waals surface area contributed by atoms with Crippen molar-refractivity contribution in [1.29, 1.82) is 0 Å². The minimum Gasteiger partial charge on any atom is -0.496 e. The molecule has 0 spiro atoms. The van der Waals surface area contributed by atoms with Crippen molar-refractivity contribution in [3.05, 3.63) is 29.8 Å². The molecular formula is C14H22N2O. The molecule has 3 nitrogen and oxygen atoms in total. The summed E-state index contributed by atoms with van der Waals surface area (Å²) in [5.74, 6) is 0.971. The third-order valence-electron chi connectivity index (χ3n) is 3.48. The number of hydrogen-bond donors (Lipinski definition) is 1. The van der Waals surface area contributed by atoms with Crippen LogP contribution in [0, 0.1) is 0 Å². The first-order valence-electron chi connectivity index (χ1n) is 6.28. The molecule has 1 aromatic carbocycles. The molecule has 0 aliphatic carbocycles. The summed E-state index contributed by atoms with van der Waals surface area (Å²) in [6.45, 7) is 4.53. The number of para-hydroxylation sites is 1. The molecule has 0 saturated carbocycles. The summed E-state index contributed by atoms with van der Waals surface area (Å²) >= 11 is 0. The van der Waals surface area contributed by atoms with Crippen molar-refractivity contribution in [3.8, 4) is 5.75 Å². The first-order chi connectivity index (χ1) is 8.20. The summed E-state index contributed by atoms with van der Waals surface area (Å²) in [6.07, 6.45) is 1.23. The van der Waals surface area contributed by atoms with Crippen molar-refractivity contribution in [1.82, 2.24) is 10.2 Å². The van der Waals surface area contributed by atoms with Crippen LogP contribution in [0.5, 0.6) is 5.75 Å². The summed E-state index contributed by atoms with van der Waals surface area (Å²) in [7, 11) is 3.91. The quantitative estimate of drug-likeness (QED) is 0.863. The normalized spacial score (nSPS) is 22.6. The van der Waals surface area contributed by atoms with E-state index in [-0.39, 0.29) is 0 Å². The molecule has 1 saturated heterocycles. The van der Waals surface area contributed by atoms with E-state index in [1.54, 1.807) is 7.11 Å². The second-order valence-corrected chi connectivity index (χ2v) is 4.88. The molecule has 3 heteroatoms. The lowest BCUT2D eigenvalue weighted by Gasteiger charge is -2.21. The molecule has 1 aromatic rings. The van der Waals surface area contributed by atoms with E-state index in [1.807, 2.05) is 12.1 Å². The van der Waals surface area contributed by atoms with Gasteiger partial charge in [0.15, 0.2) is 0 Å². The van der Waals surface area contributed by atoms with Crippen LogP contribution in [0.2, 0.25) is 0 Å². The molecule has 17 heavy (non-hydrogen) atoms. The summed E-state index contributed by atoms with van der Waals surface area (Å²) in [6, 6.07) is 9.17. The highest BCUT2D eigenvalue weighted by molar-refractivity contribution is 5.35. The molecule has 1 heterocycles. The number of methoxy groups -OCH3 is 1. The standard InChI is InChI=1S/C14H22N2O/c1-11(15-12-8-9-16(2)10-12)13-6-4-5-7-14(13)17-3/h4-7,11-12,15H,8-10H2,1-3H3/t11-,12?/m1/s1. The third kappa shape index (κ3) is 2.99. The highest BCUT2D eigenvalue weighted by atomic mass is 16.5. The molecule has 2 atom stereocenters. The van der Waals surface area contributed by atoms with Crippen LogP contribution >= 0.6 is 0 Å². The second-order valence-electron chi connectivity index (χ2n) is 4.88. The van der Waals surface area contributed by atoms with Gasteiger partial charge in [0, 0.05) is 24.2 Å². The Hall–Kier alpha value is -1.06. The molecule has 0 amide bonds. The van der Waals surface area contributed by atoms with Gasteiger partial charge in [-0.3, -0.25) is 0 Å². The fourth-order valence-corrected chi connectivity index (χ4v) is 2.54. The molecule has 1 aliphatic heterocycles. The van der Waals surface area contributed by atoms with E-state index in [2.05, 4.69) is 36.3 Å². The number of hydrogen-bond acceptors (Lipinski definition) is 3. The van der Waals surface area contributed by atoms with E-state index in [0.717, 1.165) is 12.3 Å². The van der Waals surface area contributed by atoms with Gasteiger partial charge < -0.3 is 15.0 Å². The van der Waals surface area contributed by atoms with Crippen LogP contribution in [0.3, 0.4) is 0 Å². The Balaban J connectivity index is 2.01. The lowest BCUT2D eigenvalue weighted by atomic mass is 10.1. The molecule has 1 N–H and O–H groups in total.